The van der Waals surface area contributed by atoms with Crippen LogP contribution in [0.4, 0.5) is 4.39 Å². The van der Waals surface area contributed by atoms with Crippen molar-refractivity contribution in [1.29, 1.82) is 0 Å². The molecule has 0 saturated heterocycles. The highest BCUT2D eigenvalue weighted by atomic mass is 32.2. The molecule has 1 aromatic carbocycles. The van der Waals surface area contributed by atoms with Crippen LogP contribution in [0.25, 0.3) is 0 Å². The highest BCUT2D eigenvalue weighted by Gasteiger charge is 2.13. The first-order valence-electron chi connectivity index (χ1n) is 3.33. The van der Waals surface area contributed by atoms with Gasteiger partial charge in [0.2, 0.25) is 6.29 Å². The smallest absolute Gasteiger partial charge is 0.233 e. The Kier molecular flexibility index (Phi) is 2.47. The Morgan fingerprint density at radius 1 is 1.38 bits per heavy atom. The van der Waals surface area contributed by atoms with Gasteiger partial charge in [0, 0.05) is 11.8 Å². The summed E-state index contributed by atoms with van der Waals surface area (Å²) in [6.07, 6.45) is 2.36. The molecule has 1 radical (unpaired) electrons. The Hall–Kier alpha value is -1.23. The zero-order valence-electron chi connectivity index (χ0n) is 6.74. The lowest BCUT2D eigenvalue weighted by Crippen LogP contribution is -2.01. The van der Waals surface area contributed by atoms with Crippen molar-refractivity contribution in [2.75, 3.05) is 6.26 Å². The second-order valence-corrected chi connectivity index (χ2v) is 4.50. The maximum Gasteiger partial charge on any atom is 0.233 e. The molecule has 0 amide bonds. The molecule has 0 spiro atoms. The molecule has 13 heavy (non-hydrogen) atoms. The average Bonchev–Trinajstić information content (AvgIpc) is 2.03. The fourth-order valence-electron chi connectivity index (χ4n) is 0.851. The molecular weight excluding hydrogens is 195 g/mol. The van der Waals surface area contributed by atoms with E-state index >= 15 is 0 Å². The largest absolute Gasteiger partial charge is 0.285 e. The molecule has 1 aromatic rings. The number of hydrogen-bond acceptors (Lipinski definition) is 3. The second-order valence-electron chi connectivity index (χ2n) is 2.52. The molecule has 69 valence electrons. The molecule has 0 bridgehead atoms. The molecular formula is C8H6FO3S. The summed E-state index contributed by atoms with van der Waals surface area (Å²) in [7, 11) is -3.62. The predicted molar refractivity (Wildman–Crippen MR) is 44.3 cm³/mol. The van der Waals surface area contributed by atoms with Crippen LogP contribution in [0.5, 0.6) is 0 Å². The third kappa shape index (κ3) is 2.12. The van der Waals surface area contributed by atoms with Crippen LogP contribution in [-0.4, -0.2) is 21.0 Å². The lowest BCUT2D eigenvalue weighted by molar-refractivity contribution is 0.561. The first-order valence-corrected chi connectivity index (χ1v) is 5.22. The lowest BCUT2D eigenvalue weighted by atomic mass is 10.2. The lowest BCUT2D eigenvalue weighted by Gasteiger charge is -1.99. The topological polar surface area (TPSA) is 51.2 Å². The maximum atomic E-state index is 12.9. The van der Waals surface area contributed by atoms with E-state index in [9.17, 15) is 17.6 Å². The third-order valence-corrected chi connectivity index (χ3v) is 2.56. The van der Waals surface area contributed by atoms with Gasteiger partial charge in [-0.2, -0.15) is 0 Å². The Morgan fingerprint density at radius 3 is 2.46 bits per heavy atom. The minimum atomic E-state index is -3.62. The summed E-state index contributed by atoms with van der Waals surface area (Å²) in [6.45, 7) is 0. The first kappa shape index (κ1) is 9.85. The molecule has 0 fully saturated rings. The van der Waals surface area contributed by atoms with Crippen LogP contribution in [0.3, 0.4) is 0 Å². The molecule has 0 unspecified atom stereocenters. The van der Waals surface area contributed by atoms with Gasteiger partial charge in [0.15, 0.2) is 9.84 Å². The molecule has 0 N–H and O–H groups in total. The van der Waals surface area contributed by atoms with E-state index in [-0.39, 0.29) is 5.56 Å². The zero-order chi connectivity index (χ0) is 10.1. The molecule has 0 saturated carbocycles. The first-order chi connectivity index (χ1) is 5.95. The Morgan fingerprint density at radius 2 is 2.00 bits per heavy atom. The van der Waals surface area contributed by atoms with Crippen molar-refractivity contribution < 1.29 is 17.6 Å². The molecule has 1 rings (SSSR count). The third-order valence-electron chi connectivity index (χ3n) is 1.45. The van der Waals surface area contributed by atoms with E-state index < -0.39 is 20.5 Å². The molecule has 0 atom stereocenters. The normalized spacial score (nSPS) is 11.2. The van der Waals surface area contributed by atoms with Crippen molar-refractivity contribution in [2.24, 2.45) is 0 Å². The van der Waals surface area contributed by atoms with Gasteiger partial charge < -0.3 is 0 Å². The molecule has 0 aromatic heterocycles. The van der Waals surface area contributed by atoms with Crippen LogP contribution in [0.2, 0.25) is 0 Å². The van der Waals surface area contributed by atoms with Gasteiger partial charge in [0.1, 0.15) is 10.7 Å². The van der Waals surface area contributed by atoms with E-state index in [4.69, 9.17) is 0 Å². The van der Waals surface area contributed by atoms with Gasteiger partial charge in [-0.1, -0.05) is 0 Å². The SMILES string of the molecule is CS(=O)(=O)c1cc([C]=O)ccc1F. The number of sulfone groups is 1. The van der Waals surface area contributed by atoms with Crippen molar-refractivity contribution in [3.63, 3.8) is 0 Å². The maximum absolute atomic E-state index is 12.9. The van der Waals surface area contributed by atoms with Crippen LogP contribution in [0.15, 0.2) is 23.1 Å². The molecule has 0 aliphatic rings. The highest BCUT2D eigenvalue weighted by molar-refractivity contribution is 7.90. The molecule has 0 heterocycles. The summed E-state index contributed by atoms with van der Waals surface area (Å²) in [5.41, 5.74) is 0.0156. The van der Waals surface area contributed by atoms with Gasteiger partial charge in [-0.25, -0.2) is 12.8 Å². The predicted octanol–water partition coefficient (Wildman–Crippen LogP) is 0.687. The summed E-state index contributed by atoms with van der Waals surface area (Å²) < 4.78 is 34.8. The van der Waals surface area contributed by atoms with Gasteiger partial charge in [0.05, 0.1) is 0 Å². The van der Waals surface area contributed by atoms with Crippen molar-refractivity contribution in [3.05, 3.63) is 29.6 Å². The highest BCUT2D eigenvalue weighted by Crippen LogP contribution is 2.14. The summed E-state index contributed by atoms with van der Waals surface area (Å²) in [5.74, 6) is -0.860. The Labute approximate surface area is 75.1 Å². The molecule has 0 aliphatic carbocycles. The van der Waals surface area contributed by atoms with Gasteiger partial charge in [0.25, 0.3) is 0 Å². The minimum Gasteiger partial charge on any atom is -0.285 e. The van der Waals surface area contributed by atoms with E-state index in [1.807, 2.05) is 0 Å². The van der Waals surface area contributed by atoms with Crippen molar-refractivity contribution in [3.8, 4) is 0 Å². The van der Waals surface area contributed by atoms with Crippen LogP contribution in [-0.2, 0) is 14.6 Å². The number of rotatable bonds is 2. The zero-order valence-corrected chi connectivity index (χ0v) is 7.56. The van der Waals surface area contributed by atoms with E-state index in [1.54, 1.807) is 0 Å². The summed E-state index contributed by atoms with van der Waals surface area (Å²) in [6, 6.07) is 3.05. The van der Waals surface area contributed by atoms with Gasteiger partial charge in [-0.05, 0) is 18.2 Å². The standard InChI is InChI=1S/C8H6FO3S/c1-13(11,12)8-4-6(5-10)2-3-7(8)9/h2-4H,1H3. The number of hydrogen-bond donors (Lipinski definition) is 0. The van der Waals surface area contributed by atoms with Crippen LogP contribution in [0.1, 0.15) is 5.56 Å². The van der Waals surface area contributed by atoms with Crippen LogP contribution >= 0.6 is 0 Å². The van der Waals surface area contributed by atoms with E-state index in [0.29, 0.717) is 0 Å². The number of carbonyl (C=O) groups excluding carboxylic acids is 1. The summed E-state index contributed by atoms with van der Waals surface area (Å²) >= 11 is 0. The monoisotopic (exact) mass is 201 g/mol. The van der Waals surface area contributed by atoms with Crippen LogP contribution in [0, 0.1) is 5.82 Å². The molecule has 3 nitrogen and oxygen atoms in total. The molecule has 5 heteroatoms. The fraction of sp³-hybridized carbons (Fsp3) is 0.125. The van der Waals surface area contributed by atoms with E-state index in [2.05, 4.69) is 0 Å². The van der Waals surface area contributed by atoms with Crippen LogP contribution < -0.4 is 0 Å². The van der Waals surface area contributed by atoms with Crippen molar-refractivity contribution in [2.45, 2.75) is 4.90 Å². The Balaban J connectivity index is 3.44. The number of halogens is 1. The minimum absolute atomic E-state index is 0.0156. The fourth-order valence-corrected chi connectivity index (χ4v) is 1.61. The van der Waals surface area contributed by atoms with E-state index in [0.717, 1.165) is 24.5 Å². The van der Waals surface area contributed by atoms with E-state index in [1.165, 1.54) is 6.29 Å². The van der Waals surface area contributed by atoms with Gasteiger partial charge in [-0.15, -0.1) is 0 Å². The number of benzene rings is 1. The van der Waals surface area contributed by atoms with Gasteiger partial charge >= 0.3 is 0 Å². The van der Waals surface area contributed by atoms with Gasteiger partial charge in [-0.3, -0.25) is 4.79 Å². The van der Waals surface area contributed by atoms with Crippen molar-refractivity contribution in [1.82, 2.24) is 0 Å². The van der Waals surface area contributed by atoms with Crippen molar-refractivity contribution >= 4 is 16.1 Å². The summed E-state index contributed by atoms with van der Waals surface area (Å²) in [5, 5.41) is 0. The second kappa shape index (κ2) is 3.26. The molecule has 0 aliphatic heterocycles. The Bertz CT molecular complexity index is 437. The summed E-state index contributed by atoms with van der Waals surface area (Å²) in [4.78, 5) is 9.68. The average molecular weight is 201 g/mol. The quantitative estimate of drug-likeness (QED) is 0.707.